The summed E-state index contributed by atoms with van der Waals surface area (Å²) in [6, 6.07) is 3.00. The Bertz CT molecular complexity index is 654. The molecule has 0 fully saturated rings. The summed E-state index contributed by atoms with van der Waals surface area (Å²) in [5.41, 5.74) is 0.375. The van der Waals surface area contributed by atoms with Crippen molar-refractivity contribution in [1.82, 2.24) is 15.2 Å². The van der Waals surface area contributed by atoms with Crippen molar-refractivity contribution in [2.75, 3.05) is 13.1 Å². The zero-order chi connectivity index (χ0) is 14.7. The summed E-state index contributed by atoms with van der Waals surface area (Å²) in [7, 11) is 0. The molecule has 2 aromatic rings. The van der Waals surface area contributed by atoms with Crippen molar-refractivity contribution in [2.45, 2.75) is 18.7 Å². The van der Waals surface area contributed by atoms with Gasteiger partial charge in [-0.2, -0.15) is 0 Å². The molecule has 0 atom stereocenters. The summed E-state index contributed by atoms with van der Waals surface area (Å²) in [6.07, 6.45) is 0. The second-order valence-corrected chi connectivity index (χ2v) is 5.52. The van der Waals surface area contributed by atoms with Gasteiger partial charge >= 0.3 is 5.69 Å². The molecule has 0 amide bonds. The predicted molar refractivity (Wildman–Crippen MR) is 79.8 cm³/mol. The number of nitrogens with zero attached hydrogens (tertiary/aromatic N) is 4. The molecule has 106 valence electrons. The fourth-order valence-electron chi connectivity index (χ4n) is 1.70. The van der Waals surface area contributed by atoms with Crippen LogP contribution in [0.1, 0.15) is 13.8 Å². The molecule has 1 aromatic carbocycles. The van der Waals surface area contributed by atoms with E-state index >= 15 is 0 Å². The molecule has 0 saturated carbocycles. The second kappa shape index (κ2) is 6.14. The Hall–Kier alpha value is -1.74. The Morgan fingerprint density at radius 3 is 2.65 bits per heavy atom. The lowest BCUT2D eigenvalue weighted by Crippen LogP contribution is -2.26. The number of nitro groups is 1. The first-order chi connectivity index (χ1) is 9.58. The lowest BCUT2D eigenvalue weighted by molar-refractivity contribution is -0.383. The largest absolute Gasteiger partial charge is 0.358 e. The normalized spacial score (nSPS) is 10.7. The fourth-order valence-corrected chi connectivity index (χ4v) is 3.17. The number of thioether (sulfide) groups is 1. The van der Waals surface area contributed by atoms with Crippen molar-refractivity contribution < 1.29 is 9.55 Å². The first kappa shape index (κ1) is 14.7. The van der Waals surface area contributed by atoms with Crippen LogP contribution in [0, 0.1) is 10.1 Å². The van der Waals surface area contributed by atoms with Gasteiger partial charge in [0, 0.05) is 24.1 Å². The van der Waals surface area contributed by atoms with Gasteiger partial charge in [0.1, 0.15) is 4.32 Å². The molecule has 0 aliphatic rings. The van der Waals surface area contributed by atoms with E-state index in [2.05, 4.69) is 14.9 Å². The van der Waals surface area contributed by atoms with Crippen LogP contribution in [0.25, 0.3) is 11.0 Å². The molecular weight excluding hydrogens is 300 g/mol. The molecular formula is C11H12N4O3S2. The molecule has 2 rings (SSSR count). The van der Waals surface area contributed by atoms with E-state index in [-0.39, 0.29) is 11.2 Å². The molecule has 0 saturated heterocycles. The zero-order valence-corrected chi connectivity index (χ0v) is 12.5. The van der Waals surface area contributed by atoms with Crippen LogP contribution in [0.3, 0.4) is 0 Å². The van der Waals surface area contributed by atoms with Gasteiger partial charge in [0.2, 0.25) is 5.52 Å². The van der Waals surface area contributed by atoms with Gasteiger partial charge < -0.3 is 4.90 Å². The van der Waals surface area contributed by atoms with Crippen LogP contribution in [-0.4, -0.2) is 37.5 Å². The van der Waals surface area contributed by atoms with E-state index in [1.165, 1.54) is 17.8 Å². The average Bonchev–Trinajstić information content (AvgIpc) is 2.89. The molecule has 0 N–H and O–H groups in total. The summed E-state index contributed by atoms with van der Waals surface area (Å²) in [4.78, 5) is 13.1. The number of rotatable bonds is 4. The van der Waals surface area contributed by atoms with Crippen molar-refractivity contribution in [3.8, 4) is 0 Å². The van der Waals surface area contributed by atoms with Crippen LogP contribution in [0.15, 0.2) is 21.7 Å². The molecule has 9 heteroatoms. The molecule has 0 aliphatic carbocycles. The Morgan fingerprint density at radius 1 is 1.40 bits per heavy atom. The number of fused-ring (bicyclic) bond motifs is 1. The van der Waals surface area contributed by atoms with E-state index < -0.39 is 4.92 Å². The van der Waals surface area contributed by atoms with Crippen molar-refractivity contribution in [2.24, 2.45) is 0 Å². The van der Waals surface area contributed by atoms with Crippen LogP contribution in [-0.2, 0) is 0 Å². The summed E-state index contributed by atoms with van der Waals surface area (Å²) >= 11 is 6.68. The highest BCUT2D eigenvalue weighted by Gasteiger charge is 2.21. The van der Waals surface area contributed by atoms with Gasteiger partial charge in [-0.1, -0.05) is 24.0 Å². The fraction of sp³-hybridized carbons (Fsp3) is 0.364. The number of hydrogen-bond donors (Lipinski definition) is 0. The maximum Gasteiger partial charge on any atom is 0.300 e. The predicted octanol–water partition coefficient (Wildman–Crippen LogP) is 2.85. The third kappa shape index (κ3) is 2.73. The van der Waals surface area contributed by atoms with E-state index in [9.17, 15) is 10.1 Å². The minimum absolute atomic E-state index is 0.126. The number of thiocarbonyl (C=S) groups is 1. The zero-order valence-electron chi connectivity index (χ0n) is 10.9. The van der Waals surface area contributed by atoms with Crippen LogP contribution < -0.4 is 0 Å². The van der Waals surface area contributed by atoms with Gasteiger partial charge in [-0.05, 0) is 30.2 Å². The molecule has 0 radical (unpaired) electrons. The lowest BCUT2D eigenvalue weighted by Gasteiger charge is -2.20. The van der Waals surface area contributed by atoms with Crippen LogP contribution in [0.4, 0.5) is 5.69 Å². The van der Waals surface area contributed by atoms with Gasteiger partial charge in [0.05, 0.1) is 4.92 Å². The first-order valence-corrected chi connectivity index (χ1v) is 7.17. The Balaban J connectivity index is 2.37. The molecule has 0 aliphatic heterocycles. The quantitative estimate of drug-likeness (QED) is 0.369. The van der Waals surface area contributed by atoms with E-state index in [0.29, 0.717) is 14.7 Å². The Morgan fingerprint density at radius 2 is 2.05 bits per heavy atom. The van der Waals surface area contributed by atoms with Gasteiger partial charge in [-0.3, -0.25) is 10.1 Å². The van der Waals surface area contributed by atoms with Gasteiger partial charge in [0.25, 0.3) is 0 Å². The highest BCUT2D eigenvalue weighted by molar-refractivity contribution is 8.23. The number of benzene rings is 1. The topological polar surface area (TPSA) is 85.3 Å². The number of aromatic nitrogens is 2. The van der Waals surface area contributed by atoms with Crippen molar-refractivity contribution in [3.05, 3.63) is 22.2 Å². The third-order valence-corrected chi connectivity index (χ3v) is 4.26. The van der Waals surface area contributed by atoms with Crippen LogP contribution in [0.5, 0.6) is 0 Å². The molecule has 0 unspecified atom stereocenters. The second-order valence-electron chi connectivity index (χ2n) is 3.84. The Labute approximate surface area is 124 Å². The number of non-ortho nitro benzene ring substituents is 1. The van der Waals surface area contributed by atoms with E-state index in [0.717, 1.165) is 13.1 Å². The highest BCUT2D eigenvalue weighted by Crippen LogP contribution is 2.32. The van der Waals surface area contributed by atoms with Crippen molar-refractivity contribution in [1.29, 1.82) is 0 Å². The maximum absolute atomic E-state index is 10.9. The third-order valence-electron chi connectivity index (χ3n) is 2.77. The van der Waals surface area contributed by atoms with E-state index in [1.54, 1.807) is 6.07 Å². The lowest BCUT2D eigenvalue weighted by atomic mass is 10.3. The number of hydrogen-bond acceptors (Lipinski definition) is 7. The van der Waals surface area contributed by atoms with Crippen LogP contribution in [0.2, 0.25) is 0 Å². The summed E-state index contributed by atoms with van der Waals surface area (Å²) in [5.74, 6) is 0. The maximum atomic E-state index is 10.9. The van der Waals surface area contributed by atoms with Crippen molar-refractivity contribution >= 4 is 45.0 Å². The Kier molecular flexibility index (Phi) is 4.50. The van der Waals surface area contributed by atoms with Crippen LogP contribution >= 0.6 is 24.0 Å². The smallest absolute Gasteiger partial charge is 0.300 e. The first-order valence-electron chi connectivity index (χ1n) is 5.94. The number of nitro benzene ring substituents is 1. The minimum Gasteiger partial charge on any atom is -0.358 e. The summed E-state index contributed by atoms with van der Waals surface area (Å²) < 4.78 is 5.30. The monoisotopic (exact) mass is 312 g/mol. The van der Waals surface area contributed by atoms with E-state index in [4.69, 9.17) is 12.2 Å². The van der Waals surface area contributed by atoms with E-state index in [1.807, 2.05) is 18.7 Å². The molecule has 1 heterocycles. The average molecular weight is 312 g/mol. The summed E-state index contributed by atoms with van der Waals surface area (Å²) in [5, 5.41) is 18.2. The molecule has 0 spiro atoms. The molecule has 1 aromatic heterocycles. The molecule has 7 nitrogen and oxygen atoms in total. The van der Waals surface area contributed by atoms with Gasteiger partial charge in [-0.25, -0.2) is 4.63 Å². The minimum atomic E-state index is -0.510. The molecule has 20 heavy (non-hydrogen) atoms. The standard InChI is InChI=1S/C11H12N4O3S2/c1-3-14(4-2)11(19)20-8-6-5-7(15(16)17)9-10(8)13-18-12-9/h5-6H,3-4H2,1-2H3. The SMILES string of the molecule is CCN(CC)C(=S)Sc1ccc([N+](=O)[O-])c2nonc12. The van der Waals surface area contributed by atoms with Crippen molar-refractivity contribution in [3.63, 3.8) is 0 Å². The van der Waals surface area contributed by atoms with Gasteiger partial charge in [0.15, 0.2) is 5.52 Å². The van der Waals surface area contributed by atoms with Gasteiger partial charge in [-0.15, -0.1) is 0 Å². The molecule has 0 bridgehead atoms. The highest BCUT2D eigenvalue weighted by atomic mass is 32.2. The summed E-state index contributed by atoms with van der Waals surface area (Å²) in [6.45, 7) is 5.63.